The van der Waals surface area contributed by atoms with E-state index >= 15 is 0 Å². The van der Waals surface area contributed by atoms with Crippen molar-refractivity contribution < 1.29 is 32.6 Å². The highest BCUT2D eigenvalue weighted by Gasteiger charge is 2.32. The molecule has 2 N–H and O–H groups in total. The second kappa shape index (κ2) is 7.67. The third-order valence-corrected chi connectivity index (χ3v) is 2.86. The SMILES string of the molecule is CCC(NC(=O)CCc1ccccc1OC(F)(F)F)C(=O)O. The quantitative estimate of drug-likeness (QED) is 0.809. The van der Waals surface area contributed by atoms with Crippen LogP contribution in [0.3, 0.4) is 0 Å². The summed E-state index contributed by atoms with van der Waals surface area (Å²) in [7, 11) is 0. The number of aryl methyl sites for hydroxylation is 1. The molecule has 0 saturated carbocycles. The van der Waals surface area contributed by atoms with E-state index in [2.05, 4.69) is 10.1 Å². The van der Waals surface area contributed by atoms with E-state index in [9.17, 15) is 22.8 Å². The molecule has 0 aliphatic heterocycles. The number of para-hydroxylation sites is 1. The van der Waals surface area contributed by atoms with E-state index in [4.69, 9.17) is 5.11 Å². The molecule has 0 aromatic heterocycles. The van der Waals surface area contributed by atoms with Crippen LogP contribution in [0.1, 0.15) is 25.3 Å². The number of carbonyl (C=O) groups excluding carboxylic acids is 1. The molecule has 0 fully saturated rings. The third-order valence-electron chi connectivity index (χ3n) is 2.86. The van der Waals surface area contributed by atoms with Gasteiger partial charge in [0.15, 0.2) is 0 Å². The van der Waals surface area contributed by atoms with E-state index in [1.807, 2.05) is 0 Å². The third kappa shape index (κ3) is 6.02. The predicted octanol–water partition coefficient (Wildman–Crippen LogP) is 2.50. The average molecular weight is 319 g/mol. The lowest BCUT2D eigenvalue weighted by atomic mass is 10.1. The van der Waals surface area contributed by atoms with Crippen LogP contribution in [0.5, 0.6) is 5.75 Å². The van der Waals surface area contributed by atoms with Gasteiger partial charge in [0.05, 0.1) is 0 Å². The molecule has 0 saturated heterocycles. The van der Waals surface area contributed by atoms with Crippen molar-refractivity contribution in [2.24, 2.45) is 0 Å². The van der Waals surface area contributed by atoms with Crippen LogP contribution in [-0.2, 0) is 16.0 Å². The van der Waals surface area contributed by atoms with Crippen LogP contribution in [0.15, 0.2) is 24.3 Å². The van der Waals surface area contributed by atoms with Gasteiger partial charge in [-0.1, -0.05) is 25.1 Å². The van der Waals surface area contributed by atoms with E-state index in [0.29, 0.717) is 0 Å². The average Bonchev–Trinajstić information content (AvgIpc) is 2.41. The summed E-state index contributed by atoms with van der Waals surface area (Å²) in [6.45, 7) is 1.60. The topological polar surface area (TPSA) is 75.6 Å². The first-order chi connectivity index (χ1) is 10.2. The molecule has 0 radical (unpaired) electrons. The molecule has 1 aromatic carbocycles. The van der Waals surface area contributed by atoms with Crippen molar-refractivity contribution in [1.29, 1.82) is 0 Å². The lowest BCUT2D eigenvalue weighted by molar-refractivity contribution is -0.274. The number of amides is 1. The zero-order valence-corrected chi connectivity index (χ0v) is 11.8. The fraction of sp³-hybridized carbons (Fsp3) is 0.429. The summed E-state index contributed by atoms with van der Waals surface area (Å²) in [4.78, 5) is 22.4. The van der Waals surface area contributed by atoms with Crippen molar-refractivity contribution in [3.05, 3.63) is 29.8 Å². The highest BCUT2D eigenvalue weighted by atomic mass is 19.4. The van der Waals surface area contributed by atoms with Gasteiger partial charge >= 0.3 is 12.3 Å². The number of halogens is 3. The van der Waals surface area contributed by atoms with Gasteiger partial charge in [-0.3, -0.25) is 4.79 Å². The van der Waals surface area contributed by atoms with Crippen molar-refractivity contribution in [3.8, 4) is 5.75 Å². The highest BCUT2D eigenvalue weighted by Crippen LogP contribution is 2.26. The molecule has 0 heterocycles. The zero-order chi connectivity index (χ0) is 16.8. The van der Waals surface area contributed by atoms with Crippen LogP contribution in [0, 0.1) is 0 Å². The van der Waals surface area contributed by atoms with Gasteiger partial charge in [-0.2, -0.15) is 0 Å². The minimum Gasteiger partial charge on any atom is -0.480 e. The van der Waals surface area contributed by atoms with Gasteiger partial charge in [0, 0.05) is 6.42 Å². The molecular weight excluding hydrogens is 303 g/mol. The number of carboxylic acid groups (broad SMARTS) is 1. The van der Waals surface area contributed by atoms with Crippen LogP contribution in [0.25, 0.3) is 0 Å². The van der Waals surface area contributed by atoms with Gasteiger partial charge in [-0.25, -0.2) is 4.79 Å². The lowest BCUT2D eigenvalue weighted by Gasteiger charge is -2.14. The monoisotopic (exact) mass is 319 g/mol. The molecular formula is C14H16F3NO4. The number of benzene rings is 1. The van der Waals surface area contributed by atoms with Crippen molar-refractivity contribution in [1.82, 2.24) is 5.32 Å². The minimum atomic E-state index is -4.81. The second-order valence-corrected chi connectivity index (χ2v) is 4.52. The predicted molar refractivity (Wildman–Crippen MR) is 71.3 cm³/mol. The molecule has 8 heteroatoms. The maximum atomic E-state index is 12.3. The van der Waals surface area contributed by atoms with Crippen molar-refractivity contribution >= 4 is 11.9 Å². The first kappa shape index (κ1) is 17.8. The minimum absolute atomic E-state index is 0.00808. The van der Waals surface area contributed by atoms with E-state index in [1.54, 1.807) is 6.92 Å². The Kier molecular flexibility index (Phi) is 6.21. The van der Waals surface area contributed by atoms with Crippen LogP contribution >= 0.6 is 0 Å². The number of alkyl halides is 3. The van der Waals surface area contributed by atoms with Crippen LogP contribution in [0.2, 0.25) is 0 Å². The summed E-state index contributed by atoms with van der Waals surface area (Å²) in [6.07, 6.45) is -4.72. The number of carboxylic acids is 1. The van der Waals surface area contributed by atoms with Crippen molar-refractivity contribution in [2.75, 3.05) is 0 Å². The van der Waals surface area contributed by atoms with Gasteiger partial charge in [-0.05, 0) is 24.5 Å². The van der Waals surface area contributed by atoms with Crippen molar-refractivity contribution in [2.45, 2.75) is 38.6 Å². The molecule has 1 amide bonds. The summed E-state index contributed by atoms with van der Waals surface area (Å²) in [5.74, 6) is -2.07. The molecule has 0 aliphatic rings. The molecule has 122 valence electrons. The van der Waals surface area contributed by atoms with Crippen LogP contribution in [0.4, 0.5) is 13.2 Å². The number of carbonyl (C=O) groups is 2. The molecule has 0 spiro atoms. The molecule has 0 aliphatic carbocycles. The lowest BCUT2D eigenvalue weighted by Crippen LogP contribution is -2.40. The number of hydrogen-bond donors (Lipinski definition) is 2. The fourth-order valence-corrected chi connectivity index (χ4v) is 1.79. The van der Waals surface area contributed by atoms with Crippen LogP contribution in [-0.4, -0.2) is 29.4 Å². The number of nitrogens with one attached hydrogen (secondary N) is 1. The normalized spacial score (nSPS) is 12.5. The smallest absolute Gasteiger partial charge is 0.480 e. The first-order valence-electron chi connectivity index (χ1n) is 6.58. The highest BCUT2D eigenvalue weighted by molar-refractivity contribution is 5.83. The zero-order valence-electron chi connectivity index (χ0n) is 11.8. The van der Waals surface area contributed by atoms with E-state index < -0.39 is 24.3 Å². The van der Waals surface area contributed by atoms with Crippen molar-refractivity contribution in [3.63, 3.8) is 0 Å². The largest absolute Gasteiger partial charge is 0.573 e. The number of aliphatic carboxylic acids is 1. The van der Waals surface area contributed by atoms with Gasteiger partial charge < -0.3 is 15.2 Å². The van der Waals surface area contributed by atoms with Crippen LogP contribution < -0.4 is 10.1 Å². The molecule has 1 unspecified atom stereocenters. The summed E-state index contributed by atoms with van der Waals surface area (Å²) in [6, 6.07) is 4.50. The van der Waals surface area contributed by atoms with E-state index in [-0.39, 0.29) is 30.6 Å². The first-order valence-corrected chi connectivity index (χ1v) is 6.58. The maximum absolute atomic E-state index is 12.3. The fourth-order valence-electron chi connectivity index (χ4n) is 1.79. The van der Waals surface area contributed by atoms with Gasteiger partial charge in [0.1, 0.15) is 11.8 Å². The second-order valence-electron chi connectivity index (χ2n) is 4.52. The van der Waals surface area contributed by atoms with Gasteiger partial charge in [-0.15, -0.1) is 13.2 Å². The summed E-state index contributed by atoms with van der Waals surface area (Å²) >= 11 is 0. The van der Waals surface area contributed by atoms with Gasteiger partial charge in [0.2, 0.25) is 5.91 Å². The Labute approximate surface area is 125 Å². The Morgan fingerprint density at radius 1 is 1.32 bits per heavy atom. The standard InChI is InChI=1S/C14H16F3NO4/c1-2-10(13(20)21)18-12(19)8-7-9-5-3-4-6-11(9)22-14(15,16)17/h3-6,10H,2,7-8H2,1H3,(H,18,19)(H,20,21). The number of rotatable bonds is 7. The Hall–Kier alpha value is -2.25. The van der Waals surface area contributed by atoms with E-state index in [1.165, 1.54) is 18.2 Å². The molecule has 22 heavy (non-hydrogen) atoms. The Morgan fingerprint density at radius 2 is 1.95 bits per heavy atom. The molecule has 1 rings (SSSR count). The number of ether oxygens (including phenoxy) is 1. The summed E-state index contributed by atoms with van der Waals surface area (Å²) in [5, 5.41) is 11.1. The molecule has 0 bridgehead atoms. The Bertz CT molecular complexity index is 531. The molecule has 1 atom stereocenters. The van der Waals surface area contributed by atoms with E-state index in [0.717, 1.165) is 6.07 Å². The number of hydrogen-bond acceptors (Lipinski definition) is 3. The Balaban J connectivity index is 2.64. The summed E-state index contributed by atoms with van der Waals surface area (Å²) in [5.41, 5.74) is 0.221. The molecule has 1 aromatic rings. The maximum Gasteiger partial charge on any atom is 0.573 e. The Morgan fingerprint density at radius 3 is 2.50 bits per heavy atom. The summed E-state index contributed by atoms with van der Waals surface area (Å²) < 4.78 is 40.7. The molecule has 5 nitrogen and oxygen atoms in total. The van der Waals surface area contributed by atoms with Gasteiger partial charge in [0.25, 0.3) is 0 Å².